The fourth-order valence-electron chi connectivity index (χ4n) is 2.61. The van der Waals surface area contributed by atoms with Crippen molar-refractivity contribution in [2.24, 2.45) is 11.7 Å². The number of hydrogen-bond donors (Lipinski definition) is 2. The molecule has 1 aromatic carbocycles. The third-order valence-electron chi connectivity index (χ3n) is 3.78. The van der Waals surface area contributed by atoms with Crippen molar-refractivity contribution in [3.63, 3.8) is 0 Å². The van der Waals surface area contributed by atoms with Gasteiger partial charge in [-0.1, -0.05) is 0 Å². The number of rotatable bonds is 4. The van der Waals surface area contributed by atoms with Gasteiger partial charge in [0.2, 0.25) is 11.8 Å². The Balaban J connectivity index is 2.12. The summed E-state index contributed by atoms with van der Waals surface area (Å²) in [5.41, 5.74) is 4.26. The fraction of sp³-hybridized carbons (Fsp3) is 0.467. The fourth-order valence-corrected chi connectivity index (χ4v) is 2.61. The van der Waals surface area contributed by atoms with Crippen LogP contribution in [0.4, 0.5) is 32.0 Å². The van der Waals surface area contributed by atoms with Crippen LogP contribution in [0.5, 0.6) is 0 Å². The van der Waals surface area contributed by atoms with Gasteiger partial charge in [-0.2, -0.15) is 26.3 Å². The van der Waals surface area contributed by atoms with Crippen LogP contribution in [-0.4, -0.2) is 36.0 Å². The quantitative estimate of drug-likeness (QED) is 0.785. The summed E-state index contributed by atoms with van der Waals surface area (Å²) in [6.07, 6.45) is -9.69. The highest BCUT2D eigenvalue weighted by atomic mass is 19.4. The molecule has 144 valence electrons. The summed E-state index contributed by atoms with van der Waals surface area (Å²) in [7, 11) is 0. The van der Waals surface area contributed by atoms with Crippen molar-refractivity contribution in [3.8, 4) is 0 Å². The van der Waals surface area contributed by atoms with Crippen LogP contribution >= 0.6 is 0 Å². The molecule has 0 radical (unpaired) electrons. The van der Waals surface area contributed by atoms with E-state index in [0.29, 0.717) is 11.0 Å². The average Bonchev–Trinajstić information content (AvgIpc) is 2.85. The van der Waals surface area contributed by atoms with Gasteiger partial charge in [-0.3, -0.25) is 9.59 Å². The largest absolute Gasteiger partial charge is 0.416 e. The van der Waals surface area contributed by atoms with Crippen LogP contribution in [-0.2, 0) is 22.3 Å². The zero-order valence-corrected chi connectivity index (χ0v) is 13.2. The van der Waals surface area contributed by atoms with Crippen molar-refractivity contribution in [3.05, 3.63) is 29.3 Å². The van der Waals surface area contributed by atoms with Gasteiger partial charge >= 0.3 is 12.4 Å². The van der Waals surface area contributed by atoms with Gasteiger partial charge in [0.1, 0.15) is 6.54 Å². The van der Waals surface area contributed by atoms with Crippen LogP contribution in [0.15, 0.2) is 18.2 Å². The summed E-state index contributed by atoms with van der Waals surface area (Å²) in [5.74, 6) is -2.75. The van der Waals surface area contributed by atoms with Crippen molar-refractivity contribution in [1.82, 2.24) is 4.90 Å². The van der Waals surface area contributed by atoms with Crippen LogP contribution < -0.4 is 11.1 Å². The lowest BCUT2D eigenvalue weighted by Gasteiger charge is -2.18. The number of benzene rings is 1. The van der Waals surface area contributed by atoms with Crippen LogP contribution in [0.3, 0.4) is 0 Å². The first kappa shape index (κ1) is 20.0. The van der Waals surface area contributed by atoms with E-state index >= 15 is 0 Å². The maximum Gasteiger partial charge on any atom is 0.416 e. The summed E-state index contributed by atoms with van der Waals surface area (Å²) < 4.78 is 75.8. The molecular weight excluding hydrogens is 368 g/mol. The Morgan fingerprint density at radius 2 is 1.85 bits per heavy atom. The van der Waals surface area contributed by atoms with Crippen LogP contribution in [0.2, 0.25) is 0 Å². The number of carbonyl (C=O) groups excluding carboxylic acids is 2. The van der Waals surface area contributed by atoms with E-state index in [1.54, 1.807) is 0 Å². The average molecular weight is 383 g/mol. The van der Waals surface area contributed by atoms with Crippen molar-refractivity contribution in [2.75, 3.05) is 18.4 Å². The number of carbonyl (C=O) groups is 2. The van der Waals surface area contributed by atoms with Crippen molar-refractivity contribution >= 4 is 17.5 Å². The molecule has 2 amide bonds. The van der Waals surface area contributed by atoms with Crippen molar-refractivity contribution < 1.29 is 35.9 Å². The Kier molecular flexibility index (Phi) is 5.49. The van der Waals surface area contributed by atoms with Crippen LogP contribution in [0.25, 0.3) is 0 Å². The number of alkyl halides is 6. The summed E-state index contributed by atoms with van der Waals surface area (Å²) in [4.78, 5) is 24.2. The van der Waals surface area contributed by atoms with Crippen LogP contribution in [0, 0.1) is 5.92 Å². The maximum absolute atomic E-state index is 12.9. The summed E-state index contributed by atoms with van der Waals surface area (Å²) >= 11 is 0. The molecule has 1 unspecified atom stereocenters. The first-order chi connectivity index (χ1) is 11.9. The van der Waals surface area contributed by atoms with E-state index in [-0.39, 0.29) is 17.8 Å². The minimum Gasteiger partial charge on any atom is -0.333 e. The molecule has 1 aliphatic heterocycles. The molecule has 1 aliphatic rings. The number of nitrogens with one attached hydrogen (secondary N) is 1. The Bertz CT molecular complexity index is 702. The lowest BCUT2D eigenvalue weighted by atomic mass is 10.1. The van der Waals surface area contributed by atoms with E-state index in [4.69, 9.17) is 5.73 Å². The molecule has 3 N–H and O–H groups in total. The molecule has 1 atom stereocenters. The standard InChI is InChI=1S/C15H15F6N3O2/c16-14(17,18)7-24-6-9(3-12(24)25)13(26)23-11-2-8(5-22)1-10(4-11)15(19,20)21/h1-2,4,9H,3,5-7,22H2,(H,23,26). The zero-order valence-electron chi connectivity index (χ0n) is 13.2. The van der Waals surface area contributed by atoms with Crippen molar-refractivity contribution in [1.29, 1.82) is 0 Å². The lowest BCUT2D eigenvalue weighted by molar-refractivity contribution is -0.157. The lowest BCUT2D eigenvalue weighted by Crippen LogP contribution is -2.36. The second kappa shape index (κ2) is 7.14. The van der Waals surface area contributed by atoms with E-state index in [9.17, 15) is 35.9 Å². The van der Waals surface area contributed by atoms with Gasteiger partial charge in [-0.25, -0.2) is 0 Å². The number of anilines is 1. The van der Waals surface area contributed by atoms with Gasteiger partial charge in [0.05, 0.1) is 11.5 Å². The Hall–Kier alpha value is -2.30. The molecular formula is C15H15F6N3O2. The Labute approximate surface area is 144 Å². The van der Waals surface area contributed by atoms with E-state index in [0.717, 1.165) is 6.07 Å². The molecule has 0 spiro atoms. The molecule has 1 heterocycles. The number of halogens is 6. The number of hydrogen-bond acceptors (Lipinski definition) is 3. The van der Waals surface area contributed by atoms with Gasteiger partial charge in [-0.05, 0) is 23.8 Å². The number of amides is 2. The minimum atomic E-state index is -4.66. The molecule has 0 bridgehead atoms. The highest BCUT2D eigenvalue weighted by Crippen LogP contribution is 2.32. The molecule has 0 aromatic heterocycles. The zero-order chi connectivity index (χ0) is 19.7. The van der Waals surface area contributed by atoms with E-state index in [2.05, 4.69) is 5.32 Å². The van der Waals surface area contributed by atoms with Crippen LogP contribution in [0.1, 0.15) is 17.5 Å². The van der Waals surface area contributed by atoms with Gasteiger partial charge in [-0.15, -0.1) is 0 Å². The first-order valence-corrected chi connectivity index (χ1v) is 7.45. The highest BCUT2D eigenvalue weighted by Gasteiger charge is 2.40. The second-order valence-corrected chi connectivity index (χ2v) is 5.90. The van der Waals surface area contributed by atoms with Gasteiger partial charge in [0, 0.05) is 25.2 Å². The summed E-state index contributed by atoms with van der Waals surface area (Å²) in [5, 5.41) is 2.22. The predicted octanol–water partition coefficient (Wildman–Crippen LogP) is 2.51. The number of nitrogens with zero attached hydrogens (tertiary/aromatic N) is 1. The molecule has 1 fully saturated rings. The third kappa shape index (κ3) is 5.10. The molecule has 2 rings (SSSR count). The SMILES string of the molecule is NCc1cc(NC(=O)C2CC(=O)N(CC(F)(F)F)C2)cc(C(F)(F)F)c1. The smallest absolute Gasteiger partial charge is 0.333 e. The minimum absolute atomic E-state index is 0.122. The van der Waals surface area contributed by atoms with E-state index in [1.165, 1.54) is 6.07 Å². The monoisotopic (exact) mass is 383 g/mol. The molecule has 1 saturated heterocycles. The number of nitrogens with two attached hydrogens (primary N) is 1. The molecule has 5 nitrogen and oxygen atoms in total. The normalized spacial score (nSPS) is 18.3. The second-order valence-electron chi connectivity index (χ2n) is 5.90. The van der Waals surface area contributed by atoms with E-state index in [1.807, 2.05) is 0 Å². The number of likely N-dealkylation sites (tertiary alicyclic amines) is 1. The first-order valence-electron chi connectivity index (χ1n) is 7.45. The molecule has 26 heavy (non-hydrogen) atoms. The summed E-state index contributed by atoms with van der Waals surface area (Å²) in [6.45, 7) is -2.13. The topological polar surface area (TPSA) is 75.4 Å². The molecule has 1 aromatic rings. The maximum atomic E-state index is 12.9. The Morgan fingerprint density at radius 3 is 2.38 bits per heavy atom. The Morgan fingerprint density at radius 1 is 1.19 bits per heavy atom. The molecule has 0 saturated carbocycles. The summed E-state index contributed by atoms with van der Waals surface area (Å²) in [6, 6.07) is 2.76. The van der Waals surface area contributed by atoms with Crippen molar-refractivity contribution in [2.45, 2.75) is 25.3 Å². The van der Waals surface area contributed by atoms with E-state index < -0.39 is 55.2 Å². The molecule has 11 heteroatoms. The third-order valence-corrected chi connectivity index (χ3v) is 3.78. The molecule has 0 aliphatic carbocycles. The van der Waals surface area contributed by atoms with Gasteiger partial charge in [0.15, 0.2) is 0 Å². The van der Waals surface area contributed by atoms with Gasteiger partial charge in [0.25, 0.3) is 0 Å². The highest BCUT2D eigenvalue weighted by molar-refractivity contribution is 5.97. The predicted molar refractivity (Wildman–Crippen MR) is 78.7 cm³/mol. The van der Waals surface area contributed by atoms with Gasteiger partial charge < -0.3 is 16.0 Å².